The van der Waals surface area contributed by atoms with E-state index < -0.39 is 0 Å². The molecule has 1 amide bonds. The molecule has 4 nitrogen and oxygen atoms in total. The number of hydrogen-bond acceptors (Lipinski definition) is 3. The maximum Gasteiger partial charge on any atom is 0.255 e. The number of likely N-dealkylation sites (tertiary alicyclic amines) is 1. The van der Waals surface area contributed by atoms with Crippen molar-refractivity contribution in [2.24, 2.45) is 11.8 Å². The summed E-state index contributed by atoms with van der Waals surface area (Å²) in [5.41, 5.74) is 1.93. The molecule has 3 rings (SSSR count). The molecule has 2 fully saturated rings. The topological polar surface area (TPSA) is 43.8 Å². The van der Waals surface area contributed by atoms with Crippen molar-refractivity contribution < 1.29 is 9.90 Å². The highest BCUT2D eigenvalue weighted by Gasteiger charge is 2.29. The van der Waals surface area contributed by atoms with E-state index in [2.05, 4.69) is 24.8 Å². The molecule has 1 N–H and O–H groups in total. The summed E-state index contributed by atoms with van der Waals surface area (Å²) >= 11 is 0. The van der Waals surface area contributed by atoms with Crippen LogP contribution in [0.1, 0.15) is 56.3 Å². The second-order valence-electron chi connectivity index (χ2n) is 8.04. The first-order chi connectivity index (χ1) is 12.1. The summed E-state index contributed by atoms with van der Waals surface area (Å²) in [5.74, 6) is 1.00. The van der Waals surface area contributed by atoms with Gasteiger partial charge in [0.05, 0.1) is 11.7 Å². The summed E-state index contributed by atoms with van der Waals surface area (Å²) in [6.45, 7) is 7.91. The van der Waals surface area contributed by atoms with Crippen molar-refractivity contribution in [3.05, 3.63) is 29.8 Å². The third-order valence-corrected chi connectivity index (χ3v) is 5.67. The molecule has 0 aromatic heterocycles. The molecule has 0 aliphatic carbocycles. The predicted molar refractivity (Wildman–Crippen MR) is 102 cm³/mol. The average Bonchev–Trinajstić information content (AvgIpc) is 3.15. The fraction of sp³-hybridized carbons (Fsp3) is 0.667. The van der Waals surface area contributed by atoms with Gasteiger partial charge in [-0.15, -0.1) is 0 Å². The lowest BCUT2D eigenvalue weighted by molar-refractivity contribution is 0.0385. The second-order valence-corrected chi connectivity index (χ2v) is 8.04. The molecule has 2 aliphatic rings. The van der Waals surface area contributed by atoms with Crippen LogP contribution in [0.25, 0.3) is 0 Å². The zero-order chi connectivity index (χ0) is 17.8. The molecule has 2 aliphatic heterocycles. The minimum atomic E-state index is -0.228. The van der Waals surface area contributed by atoms with E-state index in [0.29, 0.717) is 11.8 Å². The number of rotatable bonds is 5. The van der Waals surface area contributed by atoms with Crippen molar-refractivity contribution in [3.8, 4) is 0 Å². The number of para-hydroxylation sites is 1. The number of aliphatic hydroxyl groups excluding tert-OH is 1. The van der Waals surface area contributed by atoms with Crippen LogP contribution >= 0.6 is 0 Å². The molecule has 0 bridgehead atoms. The lowest BCUT2D eigenvalue weighted by Crippen LogP contribution is -2.42. The van der Waals surface area contributed by atoms with Gasteiger partial charge in [-0.1, -0.05) is 26.0 Å². The number of piperidine rings is 1. The Morgan fingerprint density at radius 2 is 1.76 bits per heavy atom. The molecular formula is C21H32N2O2. The maximum absolute atomic E-state index is 13.1. The first kappa shape index (κ1) is 18.2. The van der Waals surface area contributed by atoms with Gasteiger partial charge in [-0.3, -0.25) is 4.79 Å². The number of aliphatic hydroxyl groups is 1. The van der Waals surface area contributed by atoms with Gasteiger partial charge >= 0.3 is 0 Å². The van der Waals surface area contributed by atoms with Gasteiger partial charge in [-0.25, -0.2) is 0 Å². The van der Waals surface area contributed by atoms with Gasteiger partial charge in [-0.05, 0) is 56.1 Å². The molecule has 2 saturated heterocycles. The van der Waals surface area contributed by atoms with E-state index in [1.807, 2.05) is 23.1 Å². The lowest BCUT2D eigenvalue weighted by atomic mass is 9.87. The predicted octanol–water partition coefficient (Wildman–Crippen LogP) is 3.55. The van der Waals surface area contributed by atoms with Crippen LogP contribution in [0.5, 0.6) is 0 Å². The molecule has 138 valence electrons. The van der Waals surface area contributed by atoms with Gasteiger partial charge in [0.25, 0.3) is 5.91 Å². The number of carbonyl (C=O) groups excluding carboxylic acids is 1. The Morgan fingerprint density at radius 3 is 2.40 bits per heavy atom. The van der Waals surface area contributed by atoms with Crippen LogP contribution in [0, 0.1) is 11.8 Å². The van der Waals surface area contributed by atoms with Gasteiger partial charge in [-0.2, -0.15) is 0 Å². The van der Waals surface area contributed by atoms with E-state index >= 15 is 0 Å². The fourth-order valence-electron chi connectivity index (χ4n) is 4.22. The Bertz CT molecular complexity index is 573. The third kappa shape index (κ3) is 4.35. The molecular weight excluding hydrogens is 312 g/mol. The molecule has 0 spiro atoms. The first-order valence-electron chi connectivity index (χ1n) is 9.87. The van der Waals surface area contributed by atoms with E-state index in [9.17, 15) is 9.90 Å². The van der Waals surface area contributed by atoms with E-state index in [1.165, 1.54) is 12.8 Å². The molecule has 1 atom stereocenters. The zero-order valence-electron chi connectivity index (χ0n) is 15.7. The van der Waals surface area contributed by atoms with Crippen LogP contribution in [-0.4, -0.2) is 48.2 Å². The van der Waals surface area contributed by atoms with Crippen molar-refractivity contribution in [1.82, 2.24) is 4.90 Å². The Labute approximate surface area is 151 Å². The summed E-state index contributed by atoms with van der Waals surface area (Å²) in [6.07, 6.45) is 4.87. The van der Waals surface area contributed by atoms with Crippen LogP contribution in [-0.2, 0) is 0 Å². The van der Waals surface area contributed by atoms with Gasteiger partial charge in [0, 0.05) is 31.9 Å². The van der Waals surface area contributed by atoms with Gasteiger partial charge in [0.15, 0.2) is 0 Å². The zero-order valence-corrected chi connectivity index (χ0v) is 15.7. The minimum Gasteiger partial charge on any atom is -0.393 e. The summed E-state index contributed by atoms with van der Waals surface area (Å²) in [5, 5.41) is 10.4. The smallest absolute Gasteiger partial charge is 0.255 e. The summed E-state index contributed by atoms with van der Waals surface area (Å²) in [7, 11) is 0. The highest BCUT2D eigenvalue weighted by Crippen LogP contribution is 2.29. The molecule has 25 heavy (non-hydrogen) atoms. The van der Waals surface area contributed by atoms with Gasteiger partial charge < -0.3 is 14.9 Å². The standard InChI is InChI=1S/C21H32N2O2/c1-16(2)15-20(24)17-9-13-23(14-10-17)21(25)18-7-3-4-8-19(18)22-11-5-6-12-22/h3-4,7-8,16-17,20,24H,5-6,9-15H2,1-2H3/t20-/m1/s1. The van der Waals surface area contributed by atoms with E-state index in [-0.39, 0.29) is 12.0 Å². The van der Waals surface area contributed by atoms with E-state index in [1.54, 1.807) is 0 Å². The quantitative estimate of drug-likeness (QED) is 0.888. The van der Waals surface area contributed by atoms with Crippen molar-refractivity contribution in [1.29, 1.82) is 0 Å². The van der Waals surface area contributed by atoms with Crippen LogP contribution in [0.15, 0.2) is 24.3 Å². The highest BCUT2D eigenvalue weighted by atomic mass is 16.3. The number of nitrogens with zero attached hydrogens (tertiary/aromatic N) is 2. The largest absolute Gasteiger partial charge is 0.393 e. The Morgan fingerprint density at radius 1 is 1.12 bits per heavy atom. The molecule has 1 aromatic carbocycles. The van der Waals surface area contributed by atoms with Crippen LogP contribution < -0.4 is 4.90 Å². The second kappa shape index (κ2) is 8.22. The Kier molecular flexibility index (Phi) is 6.00. The SMILES string of the molecule is CC(C)C[C@@H](O)C1CCN(C(=O)c2ccccc2N2CCCC2)CC1. The van der Waals surface area contributed by atoms with Gasteiger partial charge in [0.2, 0.25) is 0 Å². The number of amides is 1. The number of anilines is 1. The summed E-state index contributed by atoms with van der Waals surface area (Å²) in [6, 6.07) is 8.04. The summed E-state index contributed by atoms with van der Waals surface area (Å²) < 4.78 is 0. The molecule has 0 saturated carbocycles. The minimum absolute atomic E-state index is 0.152. The average molecular weight is 344 g/mol. The van der Waals surface area contributed by atoms with Crippen LogP contribution in [0.2, 0.25) is 0 Å². The monoisotopic (exact) mass is 344 g/mol. The van der Waals surface area contributed by atoms with Crippen molar-refractivity contribution in [2.75, 3.05) is 31.1 Å². The molecule has 4 heteroatoms. The van der Waals surface area contributed by atoms with E-state index in [4.69, 9.17) is 0 Å². The third-order valence-electron chi connectivity index (χ3n) is 5.67. The molecule has 1 aromatic rings. The summed E-state index contributed by atoms with van der Waals surface area (Å²) in [4.78, 5) is 17.4. The number of benzene rings is 1. The lowest BCUT2D eigenvalue weighted by Gasteiger charge is -2.35. The highest BCUT2D eigenvalue weighted by molar-refractivity contribution is 6.00. The van der Waals surface area contributed by atoms with Gasteiger partial charge in [0.1, 0.15) is 0 Å². The Balaban J connectivity index is 1.63. The van der Waals surface area contributed by atoms with Crippen LogP contribution in [0.3, 0.4) is 0 Å². The van der Waals surface area contributed by atoms with Crippen molar-refractivity contribution >= 4 is 11.6 Å². The molecule has 0 radical (unpaired) electrons. The fourth-order valence-corrected chi connectivity index (χ4v) is 4.22. The first-order valence-corrected chi connectivity index (χ1v) is 9.87. The van der Waals surface area contributed by atoms with Crippen molar-refractivity contribution in [3.63, 3.8) is 0 Å². The Hall–Kier alpha value is -1.55. The van der Waals surface area contributed by atoms with Crippen molar-refractivity contribution in [2.45, 2.75) is 52.1 Å². The van der Waals surface area contributed by atoms with Crippen LogP contribution in [0.4, 0.5) is 5.69 Å². The number of hydrogen-bond donors (Lipinski definition) is 1. The molecule has 2 heterocycles. The number of carbonyl (C=O) groups is 1. The normalized spacial score (nSPS) is 20.3. The maximum atomic E-state index is 13.1. The van der Waals surface area contributed by atoms with E-state index in [0.717, 1.165) is 56.7 Å². The molecule has 0 unspecified atom stereocenters.